The van der Waals surface area contributed by atoms with Crippen LogP contribution in [0.4, 0.5) is 4.39 Å². The van der Waals surface area contributed by atoms with Crippen molar-refractivity contribution in [1.82, 2.24) is 0 Å². The number of hydrogen-bond donors (Lipinski definition) is 1. The van der Waals surface area contributed by atoms with Crippen LogP contribution in [0.15, 0.2) is 29.3 Å². The fraction of sp³-hybridized carbons (Fsp3) is 0.364. The Hall–Kier alpha value is -1.42. The third kappa shape index (κ3) is 4.56. The normalized spacial score (nSPS) is 11.7. The van der Waals surface area contributed by atoms with E-state index in [-0.39, 0.29) is 5.82 Å². The molecule has 0 atom stereocenters. The smallest absolute Gasteiger partial charge is 0.123 e. The fourth-order valence-electron chi connectivity index (χ4n) is 1.19. The molecule has 0 radical (unpaired) electrons. The lowest BCUT2D eigenvalue weighted by Crippen LogP contribution is -2.16. The Bertz CT molecular complexity index is 339. The van der Waals surface area contributed by atoms with Crippen molar-refractivity contribution < 1.29 is 9.13 Å². The molecule has 82 valence electrons. The molecule has 4 heteroatoms. The highest BCUT2D eigenvalue weighted by Crippen LogP contribution is 2.03. The van der Waals surface area contributed by atoms with Crippen LogP contribution in [0.3, 0.4) is 0 Å². The molecule has 0 unspecified atom stereocenters. The summed E-state index contributed by atoms with van der Waals surface area (Å²) in [5, 5.41) is 0. The predicted octanol–water partition coefficient (Wildman–Crippen LogP) is 1.37. The van der Waals surface area contributed by atoms with Gasteiger partial charge >= 0.3 is 0 Å². The number of ether oxygens (including phenoxy) is 1. The van der Waals surface area contributed by atoms with E-state index < -0.39 is 0 Å². The van der Waals surface area contributed by atoms with Crippen LogP contribution in [0.1, 0.15) is 5.56 Å². The van der Waals surface area contributed by atoms with Gasteiger partial charge in [-0.15, -0.1) is 0 Å². The molecule has 0 bridgehead atoms. The van der Waals surface area contributed by atoms with Gasteiger partial charge in [0.05, 0.1) is 19.0 Å². The zero-order valence-corrected chi connectivity index (χ0v) is 8.74. The van der Waals surface area contributed by atoms with E-state index in [1.807, 2.05) is 6.07 Å². The van der Waals surface area contributed by atoms with E-state index in [1.54, 1.807) is 13.2 Å². The van der Waals surface area contributed by atoms with Crippen molar-refractivity contribution in [1.29, 1.82) is 0 Å². The van der Waals surface area contributed by atoms with Gasteiger partial charge in [-0.05, 0) is 17.7 Å². The maximum absolute atomic E-state index is 12.8. The van der Waals surface area contributed by atoms with Gasteiger partial charge in [-0.3, -0.25) is 4.99 Å². The van der Waals surface area contributed by atoms with Crippen molar-refractivity contribution in [3.05, 3.63) is 35.6 Å². The van der Waals surface area contributed by atoms with E-state index in [4.69, 9.17) is 10.5 Å². The quantitative estimate of drug-likeness (QED) is 0.453. The van der Waals surface area contributed by atoms with Gasteiger partial charge in [0, 0.05) is 13.5 Å². The topological polar surface area (TPSA) is 47.6 Å². The first-order valence-corrected chi connectivity index (χ1v) is 4.74. The van der Waals surface area contributed by atoms with E-state index in [0.717, 1.165) is 5.56 Å². The summed E-state index contributed by atoms with van der Waals surface area (Å²) in [4.78, 5) is 4.09. The predicted molar refractivity (Wildman–Crippen MR) is 58.5 cm³/mol. The number of nitrogens with two attached hydrogens (primary N) is 1. The minimum Gasteiger partial charge on any atom is -0.387 e. The number of aliphatic imine (C=N–C) groups is 1. The molecule has 0 aliphatic carbocycles. The summed E-state index contributed by atoms with van der Waals surface area (Å²) in [5.74, 6) is 0.245. The van der Waals surface area contributed by atoms with Gasteiger partial charge in [-0.1, -0.05) is 12.1 Å². The number of nitrogens with zero attached hydrogens (tertiary/aromatic N) is 1. The van der Waals surface area contributed by atoms with Gasteiger partial charge in [0.1, 0.15) is 5.82 Å². The molecule has 0 fully saturated rings. The van der Waals surface area contributed by atoms with E-state index in [9.17, 15) is 4.39 Å². The van der Waals surface area contributed by atoms with Crippen LogP contribution in [0.2, 0.25) is 0 Å². The fourth-order valence-corrected chi connectivity index (χ4v) is 1.19. The summed E-state index contributed by atoms with van der Waals surface area (Å²) in [6.07, 6.45) is 0.474. The van der Waals surface area contributed by atoms with Crippen molar-refractivity contribution in [3.8, 4) is 0 Å². The zero-order valence-electron chi connectivity index (χ0n) is 8.74. The lowest BCUT2D eigenvalue weighted by Gasteiger charge is -2.01. The van der Waals surface area contributed by atoms with Crippen molar-refractivity contribution in [3.63, 3.8) is 0 Å². The van der Waals surface area contributed by atoms with Crippen molar-refractivity contribution in [2.75, 3.05) is 20.3 Å². The Balaban J connectivity index is 2.50. The van der Waals surface area contributed by atoms with Crippen LogP contribution in [0.5, 0.6) is 0 Å². The molecule has 0 heterocycles. The van der Waals surface area contributed by atoms with E-state index in [0.29, 0.717) is 25.4 Å². The van der Waals surface area contributed by atoms with Gasteiger partial charge in [0.15, 0.2) is 0 Å². The molecule has 0 saturated heterocycles. The Labute approximate surface area is 88.8 Å². The number of halogens is 1. The molecule has 0 spiro atoms. The molecule has 1 aromatic rings. The molecule has 3 nitrogen and oxygen atoms in total. The number of rotatable bonds is 5. The highest BCUT2D eigenvalue weighted by Gasteiger charge is 1.98. The Morgan fingerprint density at radius 1 is 1.53 bits per heavy atom. The third-order valence-electron chi connectivity index (χ3n) is 1.88. The van der Waals surface area contributed by atoms with Crippen LogP contribution in [0.25, 0.3) is 0 Å². The Morgan fingerprint density at radius 2 is 2.33 bits per heavy atom. The maximum Gasteiger partial charge on any atom is 0.123 e. The largest absolute Gasteiger partial charge is 0.387 e. The Kier molecular flexibility index (Phi) is 4.77. The standard InChI is InChI=1S/C11H15FN2O/c1-15-6-5-14-11(13)8-9-3-2-4-10(12)7-9/h2-4,7H,5-6,8H2,1H3,(H2,13,14). The summed E-state index contributed by atoms with van der Waals surface area (Å²) in [7, 11) is 1.61. The lowest BCUT2D eigenvalue weighted by molar-refractivity contribution is 0.208. The SMILES string of the molecule is COCCN=C(N)Cc1cccc(F)c1. The molecule has 2 N–H and O–H groups in total. The molecule has 1 rings (SSSR count). The van der Waals surface area contributed by atoms with Crippen molar-refractivity contribution in [2.45, 2.75) is 6.42 Å². The summed E-state index contributed by atoms with van der Waals surface area (Å²) >= 11 is 0. The number of methoxy groups -OCH3 is 1. The van der Waals surface area contributed by atoms with Crippen LogP contribution in [-0.4, -0.2) is 26.1 Å². The second kappa shape index (κ2) is 6.14. The highest BCUT2D eigenvalue weighted by atomic mass is 19.1. The van der Waals surface area contributed by atoms with E-state index in [1.165, 1.54) is 12.1 Å². The minimum absolute atomic E-state index is 0.253. The van der Waals surface area contributed by atoms with Gasteiger partial charge < -0.3 is 10.5 Å². The monoisotopic (exact) mass is 210 g/mol. The van der Waals surface area contributed by atoms with Gasteiger partial charge in [-0.2, -0.15) is 0 Å². The highest BCUT2D eigenvalue weighted by molar-refractivity contribution is 5.82. The summed E-state index contributed by atoms with van der Waals surface area (Å²) in [6.45, 7) is 1.08. The maximum atomic E-state index is 12.8. The summed E-state index contributed by atoms with van der Waals surface area (Å²) in [6, 6.07) is 6.34. The van der Waals surface area contributed by atoms with Gasteiger partial charge in [0.25, 0.3) is 0 Å². The molecule has 0 saturated carbocycles. The number of benzene rings is 1. The zero-order chi connectivity index (χ0) is 11.1. The average molecular weight is 210 g/mol. The van der Waals surface area contributed by atoms with Crippen LogP contribution in [0, 0.1) is 5.82 Å². The third-order valence-corrected chi connectivity index (χ3v) is 1.88. The van der Waals surface area contributed by atoms with Crippen molar-refractivity contribution in [2.24, 2.45) is 10.7 Å². The average Bonchev–Trinajstić information content (AvgIpc) is 2.18. The van der Waals surface area contributed by atoms with Gasteiger partial charge in [0.2, 0.25) is 0 Å². The van der Waals surface area contributed by atoms with Crippen LogP contribution < -0.4 is 5.73 Å². The van der Waals surface area contributed by atoms with Gasteiger partial charge in [-0.25, -0.2) is 4.39 Å². The van der Waals surface area contributed by atoms with E-state index in [2.05, 4.69) is 4.99 Å². The molecule has 15 heavy (non-hydrogen) atoms. The summed E-state index contributed by atoms with van der Waals surface area (Å²) in [5.41, 5.74) is 6.50. The number of amidine groups is 1. The molecule has 1 aromatic carbocycles. The van der Waals surface area contributed by atoms with E-state index >= 15 is 0 Å². The molecular weight excluding hydrogens is 195 g/mol. The Morgan fingerprint density at radius 3 is 3.00 bits per heavy atom. The van der Waals surface area contributed by atoms with Crippen LogP contribution in [-0.2, 0) is 11.2 Å². The second-order valence-corrected chi connectivity index (χ2v) is 3.17. The lowest BCUT2D eigenvalue weighted by atomic mass is 10.1. The first kappa shape index (κ1) is 11.7. The summed E-state index contributed by atoms with van der Waals surface area (Å²) < 4.78 is 17.7. The molecular formula is C11H15FN2O. The number of hydrogen-bond acceptors (Lipinski definition) is 2. The molecule has 0 aromatic heterocycles. The second-order valence-electron chi connectivity index (χ2n) is 3.17. The molecule has 0 aliphatic heterocycles. The van der Waals surface area contributed by atoms with Crippen molar-refractivity contribution >= 4 is 5.84 Å². The first-order valence-electron chi connectivity index (χ1n) is 4.74. The minimum atomic E-state index is -0.253. The molecule has 0 amide bonds. The molecule has 0 aliphatic rings. The first-order chi connectivity index (χ1) is 7.22. The van der Waals surface area contributed by atoms with Crippen LogP contribution >= 0.6 is 0 Å².